The van der Waals surface area contributed by atoms with Gasteiger partial charge in [0.15, 0.2) is 10.7 Å². The summed E-state index contributed by atoms with van der Waals surface area (Å²) in [4.78, 5) is 4.91. The van der Waals surface area contributed by atoms with Crippen molar-refractivity contribution in [2.24, 2.45) is 5.10 Å². The highest BCUT2D eigenvalue weighted by atomic mass is 32.2. The van der Waals surface area contributed by atoms with Crippen LogP contribution in [0.5, 0.6) is 0 Å². The summed E-state index contributed by atoms with van der Waals surface area (Å²) in [7, 11) is 0. The topological polar surface area (TPSA) is 61.1 Å². The number of aromatic nitrogens is 1. The van der Waals surface area contributed by atoms with Crippen LogP contribution in [-0.2, 0) is 0 Å². The fraction of sp³-hybridized carbons (Fsp3) is 0.0556. The van der Waals surface area contributed by atoms with Crippen LogP contribution in [0.15, 0.2) is 70.0 Å². The van der Waals surface area contributed by atoms with Gasteiger partial charge < -0.3 is 0 Å². The minimum absolute atomic E-state index is 0.156. The molecule has 0 bridgehead atoms. The molecule has 0 radical (unpaired) electrons. The fourth-order valence-electron chi connectivity index (χ4n) is 2.08. The molecule has 0 saturated carbocycles. The number of hydrazone groups is 1. The van der Waals surface area contributed by atoms with Crippen LogP contribution < -0.4 is 5.43 Å². The van der Waals surface area contributed by atoms with Crippen molar-refractivity contribution in [2.45, 2.75) is 10.7 Å². The molecule has 2 aromatic carbocycles. The van der Waals surface area contributed by atoms with Gasteiger partial charge in [0.05, 0.1) is 11.4 Å². The van der Waals surface area contributed by atoms with E-state index in [4.69, 9.17) is 0 Å². The van der Waals surface area contributed by atoms with Gasteiger partial charge in [0.1, 0.15) is 6.07 Å². The molecule has 0 amide bonds. The Morgan fingerprint density at radius 2 is 1.88 bits per heavy atom. The third-order valence-corrected chi connectivity index (χ3v) is 4.83. The predicted molar refractivity (Wildman–Crippen MR) is 102 cm³/mol. The van der Waals surface area contributed by atoms with Gasteiger partial charge in [0.2, 0.25) is 0 Å². The zero-order valence-corrected chi connectivity index (χ0v) is 14.9. The van der Waals surface area contributed by atoms with Crippen molar-refractivity contribution in [3.63, 3.8) is 0 Å². The highest BCUT2D eigenvalue weighted by Crippen LogP contribution is 2.26. The van der Waals surface area contributed by atoms with Crippen molar-refractivity contribution < 1.29 is 8.78 Å². The number of nitrogens with one attached hydrogen (secondary N) is 1. The highest BCUT2D eigenvalue weighted by Gasteiger charge is 2.10. The lowest BCUT2D eigenvalue weighted by Crippen LogP contribution is -2.01. The number of thioether (sulfide) groups is 1. The van der Waals surface area contributed by atoms with Crippen molar-refractivity contribution >= 4 is 34.5 Å². The van der Waals surface area contributed by atoms with Crippen molar-refractivity contribution in [3.05, 3.63) is 65.0 Å². The quantitative estimate of drug-likeness (QED) is 0.347. The summed E-state index contributed by atoms with van der Waals surface area (Å²) in [6.07, 6.45) is 0. The summed E-state index contributed by atoms with van der Waals surface area (Å²) in [6, 6.07) is 18.1. The van der Waals surface area contributed by atoms with Crippen LogP contribution in [0.1, 0.15) is 5.01 Å². The van der Waals surface area contributed by atoms with Crippen molar-refractivity contribution in [3.8, 4) is 17.3 Å². The smallest absolute Gasteiger partial charge is 0.277 e. The van der Waals surface area contributed by atoms with E-state index in [1.54, 1.807) is 24.3 Å². The Bertz CT molecular complexity index is 932. The third-order valence-electron chi connectivity index (χ3n) is 3.26. The maximum Gasteiger partial charge on any atom is 0.288 e. The van der Waals surface area contributed by atoms with E-state index in [1.807, 2.05) is 41.8 Å². The number of hydrogen-bond acceptors (Lipinski definition) is 6. The zero-order valence-electron chi connectivity index (χ0n) is 13.3. The van der Waals surface area contributed by atoms with Gasteiger partial charge >= 0.3 is 0 Å². The summed E-state index contributed by atoms with van der Waals surface area (Å²) in [6.45, 7) is 0. The Balaban J connectivity index is 1.73. The molecule has 1 N–H and O–H groups in total. The summed E-state index contributed by atoms with van der Waals surface area (Å²) < 4.78 is 24.6. The minimum atomic E-state index is -2.46. The van der Waals surface area contributed by atoms with Crippen LogP contribution in [0.25, 0.3) is 11.3 Å². The summed E-state index contributed by atoms with van der Waals surface area (Å²) >= 11 is 1.81. The number of rotatable bonds is 6. The number of thiazole rings is 1. The van der Waals surface area contributed by atoms with Crippen molar-refractivity contribution in [2.75, 3.05) is 5.43 Å². The van der Waals surface area contributed by atoms with E-state index in [2.05, 4.69) is 15.5 Å². The van der Waals surface area contributed by atoms with Crippen molar-refractivity contribution in [1.29, 1.82) is 5.26 Å². The lowest BCUT2D eigenvalue weighted by Gasteiger charge is -2.03. The standard InChI is InChI=1S/C18H12F2N4S2/c19-18(20)26-14-8-6-13(7-9-14)23-24-15(10-21)17-22-16(11-25-17)12-4-2-1-3-5-12/h1-9,11,18,23H. The molecule has 0 saturated heterocycles. The number of nitriles is 1. The average molecular weight is 386 g/mol. The molecule has 0 fully saturated rings. The second kappa shape index (κ2) is 8.56. The van der Waals surface area contributed by atoms with Gasteiger partial charge in [-0.2, -0.15) is 19.1 Å². The fourth-order valence-corrected chi connectivity index (χ4v) is 3.34. The van der Waals surface area contributed by atoms with Gasteiger partial charge in [-0.1, -0.05) is 42.1 Å². The van der Waals surface area contributed by atoms with E-state index in [-0.39, 0.29) is 5.71 Å². The molecule has 0 unspecified atom stereocenters. The number of benzene rings is 2. The number of hydrogen-bond donors (Lipinski definition) is 1. The molecule has 8 heteroatoms. The zero-order chi connectivity index (χ0) is 18.4. The normalized spacial score (nSPS) is 11.4. The molecule has 0 aliphatic heterocycles. The predicted octanol–water partition coefficient (Wildman–Crippen LogP) is 5.46. The molecular weight excluding hydrogens is 374 g/mol. The third kappa shape index (κ3) is 4.65. The number of anilines is 1. The molecule has 3 rings (SSSR count). The van der Waals surface area contributed by atoms with Gasteiger partial charge in [-0.25, -0.2) is 4.98 Å². The summed E-state index contributed by atoms with van der Waals surface area (Å²) in [5, 5.41) is 15.8. The van der Waals surface area contributed by atoms with Crippen LogP contribution in [0, 0.1) is 11.3 Å². The summed E-state index contributed by atoms with van der Waals surface area (Å²) in [5.74, 6) is -2.46. The molecule has 0 aliphatic carbocycles. The molecule has 0 atom stereocenters. The minimum Gasteiger partial charge on any atom is -0.277 e. The van der Waals surface area contributed by atoms with Gasteiger partial charge in [0, 0.05) is 15.8 Å². The Kier molecular flexibility index (Phi) is 5.94. The number of alkyl halides is 2. The maximum absolute atomic E-state index is 12.3. The summed E-state index contributed by atoms with van der Waals surface area (Å²) in [5.41, 5.74) is 5.25. The number of halogens is 2. The van der Waals surface area contributed by atoms with E-state index in [9.17, 15) is 14.0 Å². The Morgan fingerprint density at radius 1 is 1.15 bits per heavy atom. The molecule has 0 spiro atoms. The molecule has 1 heterocycles. The maximum atomic E-state index is 12.3. The van der Waals surface area contributed by atoms with Crippen molar-refractivity contribution in [1.82, 2.24) is 4.98 Å². The van der Waals surface area contributed by atoms with Crippen LogP contribution >= 0.6 is 23.1 Å². The van der Waals surface area contributed by atoms with Gasteiger partial charge in [0.25, 0.3) is 5.76 Å². The SMILES string of the molecule is N#CC(=NNc1ccc(SC(F)F)cc1)c1nc(-c2ccccc2)cs1. The highest BCUT2D eigenvalue weighted by molar-refractivity contribution is 7.99. The molecule has 3 aromatic rings. The molecule has 130 valence electrons. The first-order valence-corrected chi connectivity index (χ1v) is 9.21. The molecule has 4 nitrogen and oxygen atoms in total. The van der Waals surface area contributed by atoms with E-state index in [1.165, 1.54) is 11.3 Å². The first-order valence-electron chi connectivity index (χ1n) is 7.45. The van der Waals surface area contributed by atoms with E-state index >= 15 is 0 Å². The lowest BCUT2D eigenvalue weighted by atomic mass is 10.2. The van der Waals surface area contributed by atoms with Gasteiger partial charge in [-0.15, -0.1) is 11.3 Å². The van der Waals surface area contributed by atoms with E-state index in [0.717, 1.165) is 11.3 Å². The Hall–Kier alpha value is -2.76. The van der Waals surface area contributed by atoms with Gasteiger partial charge in [-0.05, 0) is 24.3 Å². The number of nitrogens with zero attached hydrogens (tertiary/aromatic N) is 3. The first kappa shape index (κ1) is 18.0. The monoisotopic (exact) mass is 386 g/mol. The second-order valence-electron chi connectivity index (χ2n) is 4.99. The Morgan fingerprint density at radius 3 is 2.54 bits per heavy atom. The lowest BCUT2D eigenvalue weighted by molar-refractivity contribution is 0.252. The molecule has 26 heavy (non-hydrogen) atoms. The van der Waals surface area contributed by atoms with E-state index < -0.39 is 5.76 Å². The van der Waals surface area contributed by atoms with Crippen LogP contribution in [0.4, 0.5) is 14.5 Å². The van der Waals surface area contributed by atoms with Crippen LogP contribution in [0.3, 0.4) is 0 Å². The van der Waals surface area contributed by atoms with E-state index in [0.29, 0.717) is 27.4 Å². The van der Waals surface area contributed by atoms with Gasteiger partial charge in [-0.3, -0.25) is 5.43 Å². The molecule has 1 aromatic heterocycles. The van der Waals surface area contributed by atoms with Crippen LogP contribution in [0.2, 0.25) is 0 Å². The van der Waals surface area contributed by atoms with Crippen LogP contribution in [-0.4, -0.2) is 16.5 Å². The molecule has 0 aliphatic rings. The first-order chi connectivity index (χ1) is 12.7. The second-order valence-corrected chi connectivity index (χ2v) is 6.91. The average Bonchev–Trinajstić information content (AvgIpc) is 3.14. The Labute approximate surface area is 157 Å². The largest absolute Gasteiger partial charge is 0.288 e. The molecular formula is C18H12F2N4S2.